The number of alkyl halides is 1. The molecule has 0 fully saturated rings. The minimum Gasteiger partial charge on any atom is -0.315 e. The average Bonchev–Trinajstić information content (AvgIpc) is 2.03. The van der Waals surface area contributed by atoms with Crippen LogP contribution in [0.5, 0.6) is 0 Å². The summed E-state index contributed by atoms with van der Waals surface area (Å²) in [7, 11) is 0. The summed E-state index contributed by atoms with van der Waals surface area (Å²) in [5.41, 5.74) is 0. The van der Waals surface area contributed by atoms with Gasteiger partial charge in [-0.3, -0.25) is 0 Å². The van der Waals surface area contributed by atoms with Crippen LogP contribution in [0.25, 0.3) is 0 Å². The molecular weight excluding hydrogens is 170 g/mol. The first kappa shape index (κ1) is 12.2. The van der Waals surface area contributed by atoms with Gasteiger partial charge < -0.3 is 5.32 Å². The molecule has 0 rings (SSSR count). The molecule has 0 aliphatic rings. The molecule has 1 atom stereocenters. The van der Waals surface area contributed by atoms with Crippen molar-refractivity contribution < 1.29 is 0 Å². The Morgan fingerprint density at radius 3 is 2.50 bits per heavy atom. The molecule has 0 spiro atoms. The van der Waals surface area contributed by atoms with Crippen molar-refractivity contribution in [1.82, 2.24) is 5.32 Å². The van der Waals surface area contributed by atoms with Crippen LogP contribution in [-0.2, 0) is 0 Å². The molecule has 74 valence electrons. The zero-order chi connectivity index (χ0) is 9.40. The number of hydrogen-bond donors (Lipinski definition) is 1. The van der Waals surface area contributed by atoms with Gasteiger partial charge in [0, 0.05) is 11.9 Å². The van der Waals surface area contributed by atoms with E-state index in [1.54, 1.807) is 0 Å². The van der Waals surface area contributed by atoms with Crippen LogP contribution in [0, 0.1) is 5.92 Å². The highest BCUT2D eigenvalue weighted by atomic mass is 35.5. The van der Waals surface area contributed by atoms with E-state index in [2.05, 4.69) is 26.1 Å². The molecule has 12 heavy (non-hydrogen) atoms. The van der Waals surface area contributed by atoms with E-state index >= 15 is 0 Å². The lowest BCUT2D eigenvalue weighted by molar-refractivity contribution is 0.524. The fourth-order valence-corrected chi connectivity index (χ4v) is 1.15. The summed E-state index contributed by atoms with van der Waals surface area (Å²) < 4.78 is 0. The Hall–Kier alpha value is 0.250. The highest BCUT2D eigenvalue weighted by Gasteiger charge is 1.99. The van der Waals surface area contributed by atoms with Crippen LogP contribution in [0.3, 0.4) is 0 Å². The Balaban J connectivity index is 3.00. The third kappa shape index (κ3) is 8.35. The molecule has 0 radical (unpaired) electrons. The van der Waals surface area contributed by atoms with E-state index in [0.717, 1.165) is 25.4 Å². The first-order valence-electron chi connectivity index (χ1n) is 5.01. The zero-order valence-corrected chi connectivity index (χ0v) is 9.32. The fourth-order valence-electron chi connectivity index (χ4n) is 1.04. The molecule has 0 saturated heterocycles. The lowest BCUT2D eigenvalue weighted by Crippen LogP contribution is -2.23. The molecule has 0 saturated carbocycles. The summed E-state index contributed by atoms with van der Waals surface area (Å²) >= 11 is 5.94. The predicted octanol–water partition coefficient (Wildman–Crippen LogP) is 3.03. The second-order valence-electron chi connectivity index (χ2n) is 3.75. The van der Waals surface area contributed by atoms with Gasteiger partial charge in [-0.1, -0.05) is 20.8 Å². The molecule has 0 aliphatic heterocycles. The van der Waals surface area contributed by atoms with Crippen molar-refractivity contribution >= 4 is 11.6 Å². The quantitative estimate of drug-likeness (QED) is 0.482. The maximum atomic E-state index is 5.94. The number of rotatable bonds is 7. The Morgan fingerprint density at radius 2 is 2.00 bits per heavy atom. The van der Waals surface area contributed by atoms with Crippen LogP contribution in [0.15, 0.2) is 0 Å². The molecule has 0 amide bonds. The van der Waals surface area contributed by atoms with Gasteiger partial charge in [-0.2, -0.15) is 0 Å². The maximum Gasteiger partial charge on any atom is 0.0458 e. The number of halogens is 1. The van der Waals surface area contributed by atoms with Crippen molar-refractivity contribution in [2.24, 2.45) is 5.92 Å². The summed E-state index contributed by atoms with van der Waals surface area (Å²) in [5, 5.41) is 3.67. The van der Waals surface area contributed by atoms with Crippen LogP contribution in [-0.4, -0.2) is 18.5 Å². The van der Waals surface area contributed by atoms with E-state index in [1.165, 1.54) is 12.8 Å². The summed E-state index contributed by atoms with van der Waals surface area (Å²) in [6.45, 7) is 8.71. The van der Waals surface area contributed by atoms with Gasteiger partial charge in [0.15, 0.2) is 0 Å². The topological polar surface area (TPSA) is 12.0 Å². The van der Waals surface area contributed by atoms with Gasteiger partial charge in [0.05, 0.1) is 0 Å². The summed E-state index contributed by atoms with van der Waals surface area (Å²) in [6.07, 6.45) is 3.63. The smallest absolute Gasteiger partial charge is 0.0458 e. The first-order chi connectivity index (χ1) is 5.66. The van der Waals surface area contributed by atoms with Gasteiger partial charge in [0.2, 0.25) is 0 Å². The van der Waals surface area contributed by atoms with Crippen LogP contribution in [0.4, 0.5) is 0 Å². The van der Waals surface area contributed by atoms with Crippen LogP contribution in [0.1, 0.15) is 40.0 Å². The number of hydrogen-bond acceptors (Lipinski definition) is 1. The first-order valence-corrected chi connectivity index (χ1v) is 5.45. The fraction of sp³-hybridized carbons (Fsp3) is 1.00. The lowest BCUT2D eigenvalue weighted by atomic mass is 10.1. The minimum atomic E-state index is 0.309. The molecular formula is C10H22ClN. The monoisotopic (exact) mass is 191 g/mol. The van der Waals surface area contributed by atoms with Gasteiger partial charge in [0.1, 0.15) is 0 Å². The molecule has 1 unspecified atom stereocenters. The second kappa shape index (κ2) is 7.88. The van der Waals surface area contributed by atoms with E-state index in [-0.39, 0.29) is 0 Å². The normalized spacial score (nSPS) is 13.8. The summed E-state index contributed by atoms with van der Waals surface area (Å²) in [5.74, 6) is 0.824. The van der Waals surface area contributed by atoms with Gasteiger partial charge in [0.25, 0.3) is 0 Å². The van der Waals surface area contributed by atoms with Gasteiger partial charge in [-0.25, -0.2) is 0 Å². The van der Waals surface area contributed by atoms with Crippen LogP contribution >= 0.6 is 11.6 Å². The van der Waals surface area contributed by atoms with Gasteiger partial charge in [-0.15, -0.1) is 11.6 Å². The zero-order valence-electron chi connectivity index (χ0n) is 8.57. The maximum absolute atomic E-state index is 5.94. The lowest BCUT2D eigenvalue weighted by Gasteiger charge is -2.08. The van der Waals surface area contributed by atoms with E-state index in [9.17, 15) is 0 Å². The predicted molar refractivity (Wildman–Crippen MR) is 56.9 cm³/mol. The molecule has 0 bridgehead atoms. The summed E-state index contributed by atoms with van der Waals surface area (Å²) in [4.78, 5) is 0. The highest BCUT2D eigenvalue weighted by molar-refractivity contribution is 6.20. The van der Waals surface area contributed by atoms with Crippen molar-refractivity contribution in [2.75, 3.05) is 13.1 Å². The van der Waals surface area contributed by atoms with E-state index < -0.39 is 0 Å². The summed E-state index contributed by atoms with van der Waals surface area (Å²) in [6, 6.07) is 0. The molecule has 0 aliphatic carbocycles. The highest BCUT2D eigenvalue weighted by Crippen LogP contribution is 2.02. The molecule has 0 aromatic heterocycles. The average molecular weight is 192 g/mol. The molecule has 2 heteroatoms. The Morgan fingerprint density at radius 1 is 1.33 bits per heavy atom. The van der Waals surface area contributed by atoms with Crippen molar-refractivity contribution in [3.8, 4) is 0 Å². The second-order valence-corrected chi connectivity index (χ2v) is 4.36. The molecule has 1 N–H and O–H groups in total. The minimum absolute atomic E-state index is 0.309. The molecule has 1 nitrogen and oxygen atoms in total. The van der Waals surface area contributed by atoms with Gasteiger partial charge in [-0.05, 0) is 31.7 Å². The van der Waals surface area contributed by atoms with Crippen molar-refractivity contribution in [2.45, 2.75) is 45.4 Å². The van der Waals surface area contributed by atoms with E-state index in [0.29, 0.717) is 5.38 Å². The van der Waals surface area contributed by atoms with Gasteiger partial charge >= 0.3 is 0 Å². The third-order valence-electron chi connectivity index (χ3n) is 1.94. The standard InChI is InChI=1S/C10H22ClN/c1-4-10(11)8-12-7-5-6-9(2)3/h9-10,12H,4-8H2,1-3H3. The van der Waals surface area contributed by atoms with Crippen LogP contribution < -0.4 is 5.32 Å². The van der Waals surface area contributed by atoms with E-state index in [4.69, 9.17) is 11.6 Å². The van der Waals surface area contributed by atoms with Crippen LogP contribution in [0.2, 0.25) is 0 Å². The Labute approximate surface area is 81.9 Å². The van der Waals surface area contributed by atoms with Crippen molar-refractivity contribution in [1.29, 1.82) is 0 Å². The van der Waals surface area contributed by atoms with Crippen molar-refractivity contribution in [3.63, 3.8) is 0 Å². The SMILES string of the molecule is CCC(Cl)CNCCCC(C)C. The Bertz CT molecular complexity index is 93.8. The molecule has 0 aromatic carbocycles. The largest absolute Gasteiger partial charge is 0.315 e. The molecule has 0 aromatic rings. The van der Waals surface area contributed by atoms with Crippen molar-refractivity contribution in [3.05, 3.63) is 0 Å². The molecule has 0 heterocycles. The number of nitrogens with one attached hydrogen (secondary N) is 1. The van der Waals surface area contributed by atoms with E-state index in [1.807, 2.05) is 0 Å². The Kier molecular flexibility index (Phi) is 8.04. The third-order valence-corrected chi connectivity index (χ3v) is 2.41.